The second kappa shape index (κ2) is 7.04. The molecule has 0 saturated heterocycles. The second-order valence-electron chi connectivity index (χ2n) is 4.79. The van der Waals surface area contributed by atoms with Gasteiger partial charge in [0.25, 0.3) is 0 Å². The van der Waals surface area contributed by atoms with Gasteiger partial charge in [-0.3, -0.25) is 0 Å². The van der Waals surface area contributed by atoms with Crippen molar-refractivity contribution in [3.63, 3.8) is 0 Å². The van der Waals surface area contributed by atoms with Crippen molar-refractivity contribution in [1.82, 2.24) is 10.3 Å². The summed E-state index contributed by atoms with van der Waals surface area (Å²) in [6, 6.07) is 8.53. The van der Waals surface area contributed by atoms with Crippen LogP contribution in [0.15, 0.2) is 29.6 Å². The molecule has 1 N–H and O–H groups in total. The molecule has 0 aliphatic rings. The Morgan fingerprint density at radius 1 is 1.32 bits per heavy atom. The maximum atomic E-state index is 5.88. The Balaban J connectivity index is 1.72. The summed E-state index contributed by atoms with van der Waals surface area (Å²) in [5, 5.41) is 7.61. The number of hydrogen-bond donors (Lipinski definition) is 1. The lowest BCUT2D eigenvalue weighted by Crippen LogP contribution is -2.30. The van der Waals surface area contributed by atoms with Gasteiger partial charge in [-0.1, -0.05) is 23.7 Å². The monoisotopic (exact) mass is 294 g/mol. The zero-order valence-electron chi connectivity index (χ0n) is 11.3. The number of hydrogen-bond acceptors (Lipinski definition) is 3. The van der Waals surface area contributed by atoms with E-state index in [1.807, 2.05) is 19.1 Å². The van der Waals surface area contributed by atoms with Gasteiger partial charge in [0.15, 0.2) is 0 Å². The predicted octanol–water partition coefficient (Wildman–Crippen LogP) is 3.87. The third-order valence-corrected chi connectivity index (χ3v) is 4.07. The molecule has 0 amide bonds. The minimum Gasteiger partial charge on any atom is -0.314 e. The van der Waals surface area contributed by atoms with Crippen LogP contribution in [0.3, 0.4) is 0 Å². The summed E-state index contributed by atoms with van der Waals surface area (Å²) in [6.45, 7) is 5.23. The van der Waals surface area contributed by atoms with Gasteiger partial charge in [0.1, 0.15) is 0 Å². The predicted molar refractivity (Wildman–Crippen MR) is 83.2 cm³/mol. The third kappa shape index (κ3) is 4.94. The summed E-state index contributed by atoms with van der Waals surface area (Å²) in [4.78, 5) is 4.47. The quantitative estimate of drug-likeness (QED) is 0.875. The molecule has 1 atom stereocenters. The molecule has 19 heavy (non-hydrogen) atoms. The fourth-order valence-electron chi connectivity index (χ4n) is 2.02. The lowest BCUT2D eigenvalue weighted by atomic mass is 10.1. The van der Waals surface area contributed by atoms with Crippen LogP contribution in [0, 0.1) is 6.92 Å². The molecule has 1 aromatic heterocycles. The Morgan fingerprint density at radius 2 is 2.05 bits per heavy atom. The van der Waals surface area contributed by atoms with Crippen molar-refractivity contribution in [3.8, 4) is 0 Å². The fourth-order valence-corrected chi connectivity index (χ4v) is 2.79. The maximum absolute atomic E-state index is 5.88. The standard InChI is InChI=1S/C15H19ClN2S/c1-11(9-13-3-5-14(16)6-4-13)17-8-7-15-10-19-12(2)18-15/h3-6,10-11,17H,7-9H2,1-2H3. The van der Waals surface area contributed by atoms with E-state index in [1.165, 1.54) is 11.3 Å². The first-order valence-corrected chi connectivity index (χ1v) is 7.78. The molecule has 2 nitrogen and oxygen atoms in total. The Morgan fingerprint density at radius 3 is 2.68 bits per heavy atom. The van der Waals surface area contributed by atoms with Crippen molar-refractivity contribution in [3.05, 3.63) is 50.9 Å². The molecule has 1 unspecified atom stereocenters. The van der Waals surface area contributed by atoms with Crippen LogP contribution in [0.25, 0.3) is 0 Å². The smallest absolute Gasteiger partial charge is 0.0897 e. The highest BCUT2D eigenvalue weighted by molar-refractivity contribution is 7.09. The number of nitrogens with zero attached hydrogens (tertiary/aromatic N) is 1. The molecule has 2 aromatic rings. The average Bonchev–Trinajstić information content (AvgIpc) is 2.78. The van der Waals surface area contributed by atoms with Crippen LogP contribution in [-0.2, 0) is 12.8 Å². The molecular weight excluding hydrogens is 276 g/mol. The molecule has 0 aliphatic carbocycles. The van der Waals surface area contributed by atoms with Crippen molar-refractivity contribution >= 4 is 22.9 Å². The number of halogens is 1. The first kappa shape index (κ1) is 14.5. The van der Waals surface area contributed by atoms with Crippen LogP contribution >= 0.6 is 22.9 Å². The zero-order chi connectivity index (χ0) is 13.7. The Labute approximate surface area is 123 Å². The molecule has 0 saturated carbocycles. The van der Waals surface area contributed by atoms with Gasteiger partial charge in [0.2, 0.25) is 0 Å². The van der Waals surface area contributed by atoms with E-state index in [4.69, 9.17) is 11.6 Å². The molecule has 0 bridgehead atoms. The van der Waals surface area contributed by atoms with E-state index in [0.29, 0.717) is 6.04 Å². The van der Waals surface area contributed by atoms with Gasteiger partial charge in [0, 0.05) is 29.4 Å². The number of nitrogens with one attached hydrogen (secondary N) is 1. The van der Waals surface area contributed by atoms with E-state index >= 15 is 0 Å². The van der Waals surface area contributed by atoms with Gasteiger partial charge in [-0.05, 0) is 38.0 Å². The van der Waals surface area contributed by atoms with E-state index in [2.05, 4.69) is 34.7 Å². The first-order chi connectivity index (χ1) is 9.13. The highest BCUT2D eigenvalue weighted by Gasteiger charge is 2.04. The van der Waals surface area contributed by atoms with Crippen LogP contribution in [-0.4, -0.2) is 17.6 Å². The fraction of sp³-hybridized carbons (Fsp3) is 0.400. The molecule has 0 radical (unpaired) electrons. The maximum Gasteiger partial charge on any atom is 0.0897 e. The lowest BCUT2D eigenvalue weighted by Gasteiger charge is -2.13. The van der Waals surface area contributed by atoms with Crippen molar-refractivity contribution in [2.45, 2.75) is 32.7 Å². The summed E-state index contributed by atoms with van der Waals surface area (Å²) in [5.41, 5.74) is 2.50. The van der Waals surface area contributed by atoms with Gasteiger partial charge in [-0.2, -0.15) is 0 Å². The average molecular weight is 295 g/mol. The summed E-state index contributed by atoms with van der Waals surface area (Å²) in [7, 11) is 0. The molecule has 1 aromatic carbocycles. The third-order valence-electron chi connectivity index (χ3n) is 3.00. The van der Waals surface area contributed by atoms with E-state index < -0.39 is 0 Å². The summed E-state index contributed by atoms with van der Waals surface area (Å²) >= 11 is 7.60. The highest BCUT2D eigenvalue weighted by Crippen LogP contribution is 2.11. The number of thiazole rings is 1. The molecular formula is C15H19ClN2S. The van der Waals surface area contributed by atoms with Crippen LogP contribution in [0.5, 0.6) is 0 Å². The summed E-state index contributed by atoms with van der Waals surface area (Å²) < 4.78 is 0. The number of benzene rings is 1. The van der Waals surface area contributed by atoms with Crippen molar-refractivity contribution in [1.29, 1.82) is 0 Å². The second-order valence-corrected chi connectivity index (χ2v) is 6.29. The van der Waals surface area contributed by atoms with Crippen molar-refractivity contribution in [2.24, 2.45) is 0 Å². The highest BCUT2D eigenvalue weighted by atomic mass is 35.5. The lowest BCUT2D eigenvalue weighted by molar-refractivity contribution is 0.546. The molecule has 1 heterocycles. The largest absolute Gasteiger partial charge is 0.314 e. The minimum atomic E-state index is 0.459. The van der Waals surface area contributed by atoms with Crippen molar-refractivity contribution < 1.29 is 0 Å². The zero-order valence-corrected chi connectivity index (χ0v) is 12.9. The molecule has 2 rings (SSSR count). The topological polar surface area (TPSA) is 24.9 Å². The molecule has 4 heteroatoms. The number of aromatic nitrogens is 1. The summed E-state index contributed by atoms with van der Waals surface area (Å²) in [6.07, 6.45) is 2.02. The Bertz CT molecular complexity index is 507. The van der Waals surface area contributed by atoms with E-state index in [0.717, 1.165) is 29.4 Å². The Hall–Kier alpha value is -0.900. The van der Waals surface area contributed by atoms with Gasteiger partial charge in [-0.25, -0.2) is 4.98 Å². The molecule has 0 aliphatic heterocycles. The first-order valence-electron chi connectivity index (χ1n) is 6.52. The van der Waals surface area contributed by atoms with E-state index in [-0.39, 0.29) is 0 Å². The van der Waals surface area contributed by atoms with Gasteiger partial charge in [0.05, 0.1) is 10.7 Å². The van der Waals surface area contributed by atoms with Gasteiger partial charge < -0.3 is 5.32 Å². The SMILES string of the molecule is Cc1nc(CCNC(C)Cc2ccc(Cl)cc2)cs1. The number of rotatable bonds is 6. The van der Waals surface area contributed by atoms with E-state index in [9.17, 15) is 0 Å². The van der Waals surface area contributed by atoms with Crippen molar-refractivity contribution in [2.75, 3.05) is 6.54 Å². The number of aryl methyl sites for hydroxylation is 1. The van der Waals surface area contributed by atoms with Gasteiger partial charge >= 0.3 is 0 Å². The van der Waals surface area contributed by atoms with Crippen LogP contribution in [0.2, 0.25) is 5.02 Å². The van der Waals surface area contributed by atoms with Crippen LogP contribution in [0.1, 0.15) is 23.2 Å². The van der Waals surface area contributed by atoms with Crippen LogP contribution < -0.4 is 5.32 Å². The van der Waals surface area contributed by atoms with E-state index in [1.54, 1.807) is 11.3 Å². The molecule has 0 fully saturated rings. The minimum absolute atomic E-state index is 0.459. The van der Waals surface area contributed by atoms with Crippen LogP contribution in [0.4, 0.5) is 0 Å². The molecule has 102 valence electrons. The van der Waals surface area contributed by atoms with Gasteiger partial charge in [-0.15, -0.1) is 11.3 Å². The summed E-state index contributed by atoms with van der Waals surface area (Å²) in [5.74, 6) is 0. The molecule has 0 spiro atoms. The Kier molecular flexibility index (Phi) is 5.37. The normalized spacial score (nSPS) is 12.6.